The zero-order valence-electron chi connectivity index (χ0n) is 11.2. The minimum atomic E-state index is 0.826. The first kappa shape index (κ1) is 14.5. The van der Waals surface area contributed by atoms with Gasteiger partial charge in [-0.2, -0.15) is 0 Å². The number of hydrogen-bond acceptors (Lipinski definition) is 3. The highest BCUT2D eigenvalue weighted by molar-refractivity contribution is 14.1. The number of rotatable bonds is 7. The molecule has 0 spiro atoms. The van der Waals surface area contributed by atoms with Gasteiger partial charge in [-0.3, -0.25) is 0 Å². The number of nitrogens with one attached hydrogen (secondary N) is 1. The summed E-state index contributed by atoms with van der Waals surface area (Å²) >= 11 is 2.30. The molecule has 2 aromatic rings. The van der Waals surface area contributed by atoms with E-state index in [0.717, 1.165) is 43.1 Å². The van der Waals surface area contributed by atoms with Gasteiger partial charge in [-0.25, -0.2) is 4.98 Å². The molecule has 1 aromatic carbocycles. The van der Waals surface area contributed by atoms with Gasteiger partial charge in [-0.1, -0.05) is 19.1 Å². The molecule has 0 unspecified atom stereocenters. The summed E-state index contributed by atoms with van der Waals surface area (Å²) in [6.45, 7) is 4.28. The van der Waals surface area contributed by atoms with Crippen LogP contribution in [0.4, 0.5) is 0 Å². The Hall–Kier alpha value is -0.880. The Bertz CT molecular complexity index is 510. The molecule has 0 atom stereocenters. The maximum Gasteiger partial charge on any atom is 0.194 e. The topological polar surface area (TPSA) is 38.1 Å². The van der Waals surface area contributed by atoms with Gasteiger partial charge in [-0.15, -0.1) is 0 Å². The Kier molecular flexibility index (Phi) is 5.85. The number of nitrogens with zero attached hydrogens (tertiary/aromatic N) is 1. The third kappa shape index (κ3) is 4.62. The standard InChI is InChI=1S/C15H19IN2O/c1-2-8-17-9-4-7-15-18-11-14(19-15)12-5-3-6-13(16)10-12/h3,5-6,10-11,17H,2,4,7-9H2,1H3. The number of benzene rings is 1. The van der Waals surface area contributed by atoms with Crippen molar-refractivity contribution in [1.29, 1.82) is 0 Å². The van der Waals surface area contributed by atoms with Crippen LogP contribution >= 0.6 is 22.6 Å². The van der Waals surface area contributed by atoms with E-state index in [9.17, 15) is 0 Å². The number of aromatic nitrogens is 1. The van der Waals surface area contributed by atoms with Crippen LogP contribution in [0.15, 0.2) is 34.9 Å². The fourth-order valence-electron chi connectivity index (χ4n) is 1.87. The van der Waals surface area contributed by atoms with E-state index in [-0.39, 0.29) is 0 Å². The molecule has 1 N–H and O–H groups in total. The lowest BCUT2D eigenvalue weighted by Gasteiger charge is -2.00. The van der Waals surface area contributed by atoms with E-state index in [2.05, 4.69) is 58.0 Å². The monoisotopic (exact) mass is 370 g/mol. The van der Waals surface area contributed by atoms with Gasteiger partial charge in [0.2, 0.25) is 0 Å². The zero-order valence-corrected chi connectivity index (χ0v) is 13.3. The Balaban J connectivity index is 1.88. The summed E-state index contributed by atoms with van der Waals surface area (Å²) < 4.78 is 6.99. The SMILES string of the molecule is CCCNCCCc1ncc(-c2cccc(I)c2)o1. The lowest BCUT2D eigenvalue weighted by Crippen LogP contribution is -2.16. The zero-order chi connectivity index (χ0) is 13.5. The van der Waals surface area contributed by atoms with Gasteiger partial charge in [0.15, 0.2) is 11.7 Å². The van der Waals surface area contributed by atoms with Crippen molar-refractivity contribution in [2.24, 2.45) is 0 Å². The van der Waals surface area contributed by atoms with Crippen molar-refractivity contribution >= 4 is 22.6 Å². The molecule has 0 bridgehead atoms. The molecule has 2 rings (SSSR count). The summed E-state index contributed by atoms with van der Waals surface area (Å²) in [6, 6.07) is 8.26. The summed E-state index contributed by atoms with van der Waals surface area (Å²) in [5, 5.41) is 3.38. The smallest absolute Gasteiger partial charge is 0.194 e. The van der Waals surface area contributed by atoms with E-state index in [0.29, 0.717) is 0 Å². The minimum absolute atomic E-state index is 0.826. The van der Waals surface area contributed by atoms with Crippen molar-refractivity contribution in [1.82, 2.24) is 10.3 Å². The van der Waals surface area contributed by atoms with Crippen molar-refractivity contribution < 1.29 is 4.42 Å². The number of halogens is 1. The summed E-state index contributed by atoms with van der Waals surface area (Å²) in [6.07, 6.45) is 4.95. The quantitative estimate of drug-likeness (QED) is 0.594. The van der Waals surface area contributed by atoms with Crippen LogP contribution in [0.3, 0.4) is 0 Å². The van der Waals surface area contributed by atoms with Gasteiger partial charge < -0.3 is 9.73 Å². The second kappa shape index (κ2) is 7.65. The van der Waals surface area contributed by atoms with Gasteiger partial charge in [0.25, 0.3) is 0 Å². The van der Waals surface area contributed by atoms with E-state index >= 15 is 0 Å². The number of aryl methyl sites for hydroxylation is 1. The van der Waals surface area contributed by atoms with Crippen LogP contribution in [-0.4, -0.2) is 18.1 Å². The van der Waals surface area contributed by atoms with E-state index in [4.69, 9.17) is 4.42 Å². The highest BCUT2D eigenvalue weighted by Crippen LogP contribution is 2.22. The normalized spacial score (nSPS) is 10.8. The molecule has 102 valence electrons. The second-order valence-corrected chi connectivity index (χ2v) is 5.73. The average Bonchev–Trinajstić information content (AvgIpc) is 2.87. The van der Waals surface area contributed by atoms with Crippen molar-refractivity contribution in [3.05, 3.63) is 39.9 Å². The molecule has 0 aliphatic rings. The van der Waals surface area contributed by atoms with Gasteiger partial charge in [0.05, 0.1) is 6.20 Å². The molecular formula is C15H19IN2O. The third-order valence-electron chi connectivity index (χ3n) is 2.83. The van der Waals surface area contributed by atoms with Gasteiger partial charge in [-0.05, 0) is 60.7 Å². The van der Waals surface area contributed by atoms with Crippen LogP contribution < -0.4 is 5.32 Å². The first-order valence-electron chi connectivity index (χ1n) is 6.71. The average molecular weight is 370 g/mol. The highest BCUT2D eigenvalue weighted by atomic mass is 127. The van der Waals surface area contributed by atoms with Crippen LogP contribution in [-0.2, 0) is 6.42 Å². The molecular weight excluding hydrogens is 351 g/mol. The predicted octanol–water partition coefficient (Wildman–Crippen LogP) is 3.88. The molecule has 0 fully saturated rings. The maximum absolute atomic E-state index is 5.79. The van der Waals surface area contributed by atoms with Crippen LogP contribution in [0.1, 0.15) is 25.7 Å². The number of oxazole rings is 1. The van der Waals surface area contributed by atoms with Crippen molar-refractivity contribution in [3.63, 3.8) is 0 Å². The molecule has 3 nitrogen and oxygen atoms in total. The molecule has 0 amide bonds. The fourth-order valence-corrected chi connectivity index (χ4v) is 2.41. The molecule has 0 saturated carbocycles. The van der Waals surface area contributed by atoms with Crippen LogP contribution in [0.25, 0.3) is 11.3 Å². The van der Waals surface area contributed by atoms with Gasteiger partial charge in [0.1, 0.15) is 0 Å². The Labute approximate surface area is 128 Å². The molecule has 19 heavy (non-hydrogen) atoms. The second-order valence-electron chi connectivity index (χ2n) is 4.48. The molecule has 1 aromatic heterocycles. The summed E-state index contributed by atoms with van der Waals surface area (Å²) in [5.74, 6) is 1.68. The van der Waals surface area contributed by atoms with Crippen LogP contribution in [0.5, 0.6) is 0 Å². The fraction of sp³-hybridized carbons (Fsp3) is 0.400. The lowest BCUT2D eigenvalue weighted by atomic mass is 10.2. The number of hydrogen-bond donors (Lipinski definition) is 1. The van der Waals surface area contributed by atoms with E-state index in [1.807, 2.05) is 12.3 Å². The van der Waals surface area contributed by atoms with Crippen molar-refractivity contribution in [2.45, 2.75) is 26.2 Å². The Morgan fingerprint density at radius 3 is 3.00 bits per heavy atom. The predicted molar refractivity (Wildman–Crippen MR) is 86.1 cm³/mol. The molecule has 0 saturated heterocycles. The molecule has 0 aliphatic carbocycles. The van der Waals surface area contributed by atoms with E-state index < -0.39 is 0 Å². The van der Waals surface area contributed by atoms with Gasteiger partial charge >= 0.3 is 0 Å². The van der Waals surface area contributed by atoms with E-state index in [1.165, 1.54) is 9.99 Å². The molecule has 1 heterocycles. The molecule has 4 heteroatoms. The van der Waals surface area contributed by atoms with Crippen molar-refractivity contribution in [2.75, 3.05) is 13.1 Å². The first-order chi connectivity index (χ1) is 9.29. The van der Waals surface area contributed by atoms with Crippen LogP contribution in [0.2, 0.25) is 0 Å². The van der Waals surface area contributed by atoms with Crippen LogP contribution in [0, 0.1) is 3.57 Å². The first-order valence-corrected chi connectivity index (χ1v) is 7.79. The summed E-state index contributed by atoms with van der Waals surface area (Å²) in [4.78, 5) is 4.34. The molecule has 0 aliphatic heterocycles. The van der Waals surface area contributed by atoms with Gasteiger partial charge in [0, 0.05) is 15.6 Å². The maximum atomic E-state index is 5.79. The Morgan fingerprint density at radius 1 is 1.32 bits per heavy atom. The third-order valence-corrected chi connectivity index (χ3v) is 3.50. The highest BCUT2D eigenvalue weighted by Gasteiger charge is 2.06. The molecule has 0 radical (unpaired) electrons. The Morgan fingerprint density at radius 2 is 2.21 bits per heavy atom. The largest absolute Gasteiger partial charge is 0.441 e. The van der Waals surface area contributed by atoms with Crippen molar-refractivity contribution in [3.8, 4) is 11.3 Å². The minimum Gasteiger partial charge on any atom is -0.441 e. The lowest BCUT2D eigenvalue weighted by molar-refractivity contribution is 0.491. The summed E-state index contributed by atoms with van der Waals surface area (Å²) in [7, 11) is 0. The van der Waals surface area contributed by atoms with E-state index in [1.54, 1.807) is 0 Å². The summed E-state index contributed by atoms with van der Waals surface area (Å²) in [5.41, 5.74) is 1.09.